The van der Waals surface area contributed by atoms with Crippen molar-refractivity contribution in [2.45, 2.75) is 6.42 Å². The van der Waals surface area contributed by atoms with Crippen molar-refractivity contribution in [1.82, 2.24) is 5.01 Å². The van der Waals surface area contributed by atoms with Gasteiger partial charge in [0.25, 0.3) is 0 Å². The molecule has 0 unspecified atom stereocenters. The van der Waals surface area contributed by atoms with Crippen LogP contribution in [0, 0.1) is 0 Å². The fraction of sp³-hybridized carbons (Fsp3) is 0.273. The first-order valence-corrected chi connectivity index (χ1v) is 5.40. The Kier molecular flexibility index (Phi) is 2.61. The van der Waals surface area contributed by atoms with Crippen molar-refractivity contribution in [1.29, 1.82) is 0 Å². The number of benzene rings is 1. The van der Waals surface area contributed by atoms with E-state index in [9.17, 15) is 0 Å². The fourth-order valence-electron chi connectivity index (χ4n) is 1.66. The molecule has 0 amide bonds. The van der Waals surface area contributed by atoms with Crippen molar-refractivity contribution in [2.24, 2.45) is 0 Å². The molecule has 14 heavy (non-hydrogen) atoms. The van der Waals surface area contributed by atoms with Crippen LogP contribution in [0.5, 0.6) is 0 Å². The summed E-state index contributed by atoms with van der Waals surface area (Å²) in [6.07, 6.45) is 5.28. The lowest BCUT2D eigenvalue weighted by molar-refractivity contribution is 0.410. The molecule has 1 aromatic rings. The topological polar surface area (TPSA) is 6.48 Å². The Morgan fingerprint density at radius 2 is 2.14 bits per heavy atom. The molecule has 1 aliphatic heterocycles. The normalized spacial score (nSPS) is 14.7. The van der Waals surface area contributed by atoms with E-state index in [4.69, 9.17) is 0 Å². The predicted molar refractivity (Wildman–Crippen MR) is 63.2 cm³/mol. The van der Waals surface area contributed by atoms with Gasteiger partial charge in [0, 0.05) is 24.8 Å². The Morgan fingerprint density at radius 3 is 2.86 bits per heavy atom. The lowest BCUT2D eigenvalue weighted by atomic mass is 10.1. The average molecular weight is 253 g/mol. The van der Waals surface area contributed by atoms with Gasteiger partial charge in [0.15, 0.2) is 0 Å². The van der Waals surface area contributed by atoms with Gasteiger partial charge in [-0.1, -0.05) is 28.1 Å². The molecule has 0 aromatic heterocycles. The summed E-state index contributed by atoms with van der Waals surface area (Å²) in [4.78, 5) is 0. The highest BCUT2D eigenvalue weighted by Gasteiger charge is 2.15. The van der Waals surface area contributed by atoms with Crippen LogP contribution in [-0.2, 0) is 6.42 Å². The van der Waals surface area contributed by atoms with Crippen LogP contribution in [0.2, 0.25) is 0 Å². The summed E-state index contributed by atoms with van der Waals surface area (Å²) in [7, 11) is 4.08. The van der Waals surface area contributed by atoms with E-state index in [-0.39, 0.29) is 0 Å². The SMILES string of the molecule is CN(C)N1C=CCc2c(Br)cccc21. The zero-order valence-corrected chi connectivity index (χ0v) is 9.95. The predicted octanol–water partition coefficient (Wildman–Crippen LogP) is 2.80. The molecule has 0 bridgehead atoms. The van der Waals surface area contributed by atoms with Gasteiger partial charge in [0.1, 0.15) is 0 Å². The number of anilines is 1. The minimum absolute atomic E-state index is 1.00. The van der Waals surface area contributed by atoms with Crippen LogP contribution in [0.4, 0.5) is 5.69 Å². The molecule has 0 atom stereocenters. The summed E-state index contributed by atoms with van der Waals surface area (Å²) in [6.45, 7) is 0. The second-order valence-electron chi connectivity index (χ2n) is 3.52. The second kappa shape index (κ2) is 3.75. The summed E-state index contributed by atoms with van der Waals surface area (Å²) in [5.41, 5.74) is 2.61. The Labute approximate surface area is 92.9 Å². The summed E-state index contributed by atoms with van der Waals surface area (Å²) in [6, 6.07) is 6.30. The lowest BCUT2D eigenvalue weighted by Crippen LogP contribution is -2.34. The molecule has 0 N–H and O–H groups in total. The highest BCUT2D eigenvalue weighted by Crippen LogP contribution is 2.31. The summed E-state index contributed by atoms with van der Waals surface area (Å²) in [5, 5.41) is 4.21. The van der Waals surface area contributed by atoms with Gasteiger partial charge in [-0.3, -0.25) is 5.01 Å². The number of hydrazine groups is 1. The first-order valence-electron chi connectivity index (χ1n) is 4.60. The van der Waals surface area contributed by atoms with Crippen molar-refractivity contribution < 1.29 is 0 Å². The lowest BCUT2D eigenvalue weighted by Gasteiger charge is -2.32. The zero-order chi connectivity index (χ0) is 10.1. The number of halogens is 1. The van der Waals surface area contributed by atoms with Gasteiger partial charge in [-0.25, -0.2) is 5.01 Å². The van der Waals surface area contributed by atoms with Gasteiger partial charge < -0.3 is 0 Å². The van der Waals surface area contributed by atoms with E-state index in [0.29, 0.717) is 0 Å². The molecular weight excluding hydrogens is 240 g/mol. The zero-order valence-electron chi connectivity index (χ0n) is 8.37. The standard InChI is InChI=1S/C11H13BrN2/c1-13(2)14-8-4-5-9-10(12)6-3-7-11(9)14/h3-4,6-8H,5H2,1-2H3. The Balaban J connectivity index is 2.49. The third-order valence-electron chi connectivity index (χ3n) is 2.34. The number of hydrogen-bond donors (Lipinski definition) is 0. The maximum absolute atomic E-state index is 3.58. The smallest absolute Gasteiger partial charge is 0.0619 e. The molecular formula is C11H13BrN2. The van der Waals surface area contributed by atoms with Crippen molar-refractivity contribution in [3.8, 4) is 0 Å². The highest BCUT2D eigenvalue weighted by molar-refractivity contribution is 9.10. The van der Waals surface area contributed by atoms with Crippen molar-refractivity contribution >= 4 is 21.6 Å². The van der Waals surface area contributed by atoms with Gasteiger partial charge in [0.05, 0.1) is 5.69 Å². The molecule has 1 aromatic carbocycles. The maximum atomic E-state index is 3.58. The van der Waals surface area contributed by atoms with Gasteiger partial charge in [-0.05, 0) is 24.1 Å². The molecule has 1 heterocycles. The third kappa shape index (κ3) is 1.57. The summed E-state index contributed by atoms with van der Waals surface area (Å²) < 4.78 is 1.19. The van der Waals surface area contributed by atoms with Crippen LogP contribution in [0.3, 0.4) is 0 Å². The highest BCUT2D eigenvalue weighted by atomic mass is 79.9. The minimum Gasteiger partial charge on any atom is -0.282 e. The Hall–Kier alpha value is -0.800. The molecule has 0 radical (unpaired) electrons. The van der Waals surface area contributed by atoms with E-state index in [0.717, 1.165) is 6.42 Å². The molecule has 0 aliphatic carbocycles. The maximum Gasteiger partial charge on any atom is 0.0619 e. The molecule has 74 valence electrons. The summed E-state index contributed by atoms with van der Waals surface area (Å²) in [5.74, 6) is 0. The molecule has 3 heteroatoms. The van der Waals surface area contributed by atoms with E-state index < -0.39 is 0 Å². The third-order valence-corrected chi connectivity index (χ3v) is 3.08. The minimum atomic E-state index is 1.00. The Morgan fingerprint density at radius 1 is 1.36 bits per heavy atom. The van der Waals surface area contributed by atoms with E-state index >= 15 is 0 Å². The van der Waals surface area contributed by atoms with Gasteiger partial charge in [-0.15, -0.1) is 0 Å². The molecule has 0 spiro atoms. The number of rotatable bonds is 1. The van der Waals surface area contributed by atoms with Gasteiger partial charge in [-0.2, -0.15) is 0 Å². The van der Waals surface area contributed by atoms with Crippen LogP contribution in [0.15, 0.2) is 34.9 Å². The molecule has 0 saturated carbocycles. The molecule has 0 fully saturated rings. The number of hydrogen-bond acceptors (Lipinski definition) is 2. The average Bonchev–Trinajstić information content (AvgIpc) is 2.17. The van der Waals surface area contributed by atoms with Gasteiger partial charge in [0.2, 0.25) is 0 Å². The molecule has 2 rings (SSSR count). The van der Waals surface area contributed by atoms with Crippen LogP contribution >= 0.6 is 15.9 Å². The van der Waals surface area contributed by atoms with Crippen molar-refractivity contribution in [2.75, 3.05) is 19.1 Å². The number of allylic oxidation sites excluding steroid dienone is 1. The molecule has 1 aliphatic rings. The van der Waals surface area contributed by atoms with Crippen LogP contribution in [0.25, 0.3) is 0 Å². The van der Waals surface area contributed by atoms with Crippen LogP contribution in [-0.4, -0.2) is 19.1 Å². The van der Waals surface area contributed by atoms with Crippen molar-refractivity contribution in [3.63, 3.8) is 0 Å². The van der Waals surface area contributed by atoms with Crippen molar-refractivity contribution in [3.05, 3.63) is 40.5 Å². The number of fused-ring (bicyclic) bond motifs is 1. The number of nitrogens with zero attached hydrogens (tertiary/aromatic N) is 2. The first-order chi connectivity index (χ1) is 6.70. The monoisotopic (exact) mass is 252 g/mol. The van der Waals surface area contributed by atoms with E-state index in [1.807, 2.05) is 14.1 Å². The van der Waals surface area contributed by atoms with Crippen LogP contribution in [0.1, 0.15) is 5.56 Å². The Bertz CT molecular complexity index is 372. The first kappa shape index (κ1) is 9.74. The second-order valence-corrected chi connectivity index (χ2v) is 4.37. The molecule has 0 saturated heterocycles. The fourth-order valence-corrected chi connectivity index (χ4v) is 2.18. The summed E-state index contributed by atoms with van der Waals surface area (Å²) >= 11 is 3.58. The van der Waals surface area contributed by atoms with Gasteiger partial charge >= 0.3 is 0 Å². The van der Waals surface area contributed by atoms with E-state index in [2.05, 4.69) is 56.4 Å². The van der Waals surface area contributed by atoms with E-state index in [1.165, 1.54) is 15.7 Å². The molecule has 2 nitrogen and oxygen atoms in total. The van der Waals surface area contributed by atoms with Crippen LogP contribution < -0.4 is 5.01 Å². The van der Waals surface area contributed by atoms with E-state index in [1.54, 1.807) is 0 Å². The largest absolute Gasteiger partial charge is 0.282 e. The quantitative estimate of drug-likeness (QED) is 0.759.